The Morgan fingerprint density at radius 3 is 1.85 bits per heavy atom. The van der Waals surface area contributed by atoms with Crippen LogP contribution in [0.15, 0.2) is 95.5 Å². The third-order valence-corrected chi connectivity index (χ3v) is 7.93. The molecular formula is C37H33N2O+. The molecule has 3 heteroatoms. The molecule has 0 amide bonds. The summed E-state index contributed by atoms with van der Waals surface area (Å²) in [6.07, 6.45) is 2.13. The van der Waals surface area contributed by atoms with Crippen LogP contribution in [0.1, 0.15) is 43.0 Å². The molecule has 0 aliphatic heterocycles. The van der Waals surface area contributed by atoms with Gasteiger partial charge in [-0.1, -0.05) is 81.4 Å². The van der Waals surface area contributed by atoms with Crippen molar-refractivity contribution in [2.45, 2.75) is 40.0 Å². The smallest absolute Gasteiger partial charge is 0.216 e. The molecule has 6 aromatic rings. The summed E-state index contributed by atoms with van der Waals surface area (Å²) in [6, 6.07) is 32.2. The van der Waals surface area contributed by atoms with E-state index in [0.717, 1.165) is 55.4 Å². The topological polar surface area (TPSA) is 40.8 Å². The number of nitriles is 1. The zero-order valence-electron chi connectivity index (χ0n) is 24.0. The summed E-state index contributed by atoms with van der Waals surface area (Å²) in [5, 5.41) is 12.2. The Hall–Kier alpha value is -4.68. The van der Waals surface area contributed by atoms with Crippen LogP contribution in [-0.2, 0) is 12.5 Å². The quantitative estimate of drug-likeness (QED) is 0.218. The molecule has 0 aliphatic rings. The number of nitrogens with zero attached hydrogens (tertiary/aromatic N) is 2. The van der Waals surface area contributed by atoms with Crippen molar-refractivity contribution in [3.63, 3.8) is 0 Å². The van der Waals surface area contributed by atoms with E-state index in [4.69, 9.17) is 4.42 Å². The van der Waals surface area contributed by atoms with Crippen molar-refractivity contribution < 1.29 is 8.98 Å². The van der Waals surface area contributed by atoms with Gasteiger partial charge in [-0.05, 0) is 65.3 Å². The first-order valence-corrected chi connectivity index (χ1v) is 13.7. The van der Waals surface area contributed by atoms with E-state index in [1.54, 1.807) is 0 Å². The second kappa shape index (κ2) is 9.50. The first-order chi connectivity index (χ1) is 19.2. The predicted octanol–water partition coefficient (Wildman–Crippen LogP) is 9.20. The number of rotatable bonds is 3. The van der Waals surface area contributed by atoms with Gasteiger partial charge < -0.3 is 4.42 Å². The highest BCUT2D eigenvalue weighted by atomic mass is 16.3. The number of hydrogen-bond acceptors (Lipinski definition) is 2. The third-order valence-electron chi connectivity index (χ3n) is 7.93. The normalized spacial score (nSPS) is 11.7. The average molecular weight is 522 g/mol. The summed E-state index contributed by atoms with van der Waals surface area (Å²) >= 11 is 0. The van der Waals surface area contributed by atoms with E-state index in [1.165, 1.54) is 16.7 Å². The van der Waals surface area contributed by atoms with E-state index in [2.05, 4.69) is 131 Å². The molecule has 0 unspecified atom stereocenters. The number of aromatic nitrogens is 1. The number of aryl methyl sites for hydroxylation is 3. The molecule has 0 saturated heterocycles. The van der Waals surface area contributed by atoms with Crippen LogP contribution in [0.4, 0.5) is 0 Å². The minimum Gasteiger partial charge on any atom is -0.454 e. The second-order valence-electron chi connectivity index (χ2n) is 11.8. The van der Waals surface area contributed by atoms with Crippen molar-refractivity contribution in [3.8, 4) is 39.6 Å². The number of fused-ring (bicyclic) bond motifs is 3. The van der Waals surface area contributed by atoms with Crippen molar-refractivity contribution >= 4 is 21.9 Å². The van der Waals surface area contributed by atoms with Crippen LogP contribution in [0.5, 0.6) is 0 Å². The van der Waals surface area contributed by atoms with Crippen LogP contribution in [-0.4, -0.2) is 0 Å². The van der Waals surface area contributed by atoms with E-state index >= 15 is 0 Å². The lowest BCUT2D eigenvalue weighted by Crippen LogP contribution is -2.31. The molecule has 0 aliphatic carbocycles. The Bertz CT molecular complexity index is 1940. The van der Waals surface area contributed by atoms with Crippen LogP contribution in [0.25, 0.3) is 55.4 Å². The van der Waals surface area contributed by atoms with Gasteiger partial charge >= 0.3 is 0 Å². The lowest BCUT2D eigenvalue weighted by molar-refractivity contribution is -0.660. The first-order valence-electron chi connectivity index (χ1n) is 13.7. The number of pyridine rings is 1. The van der Waals surface area contributed by atoms with Crippen molar-refractivity contribution in [2.24, 2.45) is 7.05 Å². The summed E-state index contributed by atoms with van der Waals surface area (Å²) < 4.78 is 8.88. The molecule has 0 saturated carbocycles. The fourth-order valence-corrected chi connectivity index (χ4v) is 5.70. The van der Waals surface area contributed by atoms with Gasteiger partial charge in [0, 0.05) is 28.0 Å². The van der Waals surface area contributed by atoms with Gasteiger partial charge in [0.05, 0.1) is 17.2 Å². The molecule has 4 aromatic carbocycles. The van der Waals surface area contributed by atoms with E-state index in [0.29, 0.717) is 5.56 Å². The third kappa shape index (κ3) is 4.27. The van der Waals surface area contributed by atoms with Crippen LogP contribution >= 0.6 is 0 Å². The highest BCUT2D eigenvalue weighted by Gasteiger charge is 2.23. The van der Waals surface area contributed by atoms with Crippen LogP contribution < -0.4 is 4.57 Å². The zero-order chi connectivity index (χ0) is 28.2. The SMILES string of the molecule is Cc1ccc(-c2c(C)ccc3c2oc2c(-c4ccc(-c5ccc(C(C)(C)C)cc5)cc4)c(C#N)ccc23)[n+](C)c1. The number of furan rings is 1. The van der Waals surface area contributed by atoms with Crippen LogP contribution in [0, 0.1) is 25.2 Å². The molecule has 196 valence electrons. The Morgan fingerprint density at radius 1 is 0.675 bits per heavy atom. The minimum atomic E-state index is 0.122. The largest absolute Gasteiger partial charge is 0.454 e. The van der Waals surface area contributed by atoms with E-state index in [-0.39, 0.29) is 5.41 Å². The van der Waals surface area contributed by atoms with Crippen LogP contribution in [0.3, 0.4) is 0 Å². The van der Waals surface area contributed by atoms with Crippen molar-refractivity contribution in [2.75, 3.05) is 0 Å². The highest BCUT2D eigenvalue weighted by Crippen LogP contribution is 2.42. The summed E-state index contributed by atoms with van der Waals surface area (Å²) in [7, 11) is 2.07. The number of benzene rings is 4. The summed E-state index contributed by atoms with van der Waals surface area (Å²) in [6.45, 7) is 10.9. The van der Waals surface area contributed by atoms with Gasteiger partial charge in [0.1, 0.15) is 18.2 Å². The standard InChI is InChI=1S/C37H33N2O/c1-23-7-20-32(39(6)22-23)33-24(2)8-18-30-31-19-15-28(21-38)34(36(31)40-35(30)33)27-11-9-25(10-12-27)26-13-16-29(17-14-26)37(3,4)5/h7-20,22H,1-6H3/q+1. The monoisotopic (exact) mass is 521 g/mol. The lowest BCUT2D eigenvalue weighted by atomic mass is 9.86. The fourth-order valence-electron chi connectivity index (χ4n) is 5.70. The van der Waals surface area contributed by atoms with Gasteiger partial charge in [-0.2, -0.15) is 5.26 Å². The maximum atomic E-state index is 10.1. The molecule has 0 bridgehead atoms. The van der Waals surface area contributed by atoms with E-state index in [1.807, 2.05) is 12.1 Å². The molecule has 6 rings (SSSR count). The van der Waals surface area contributed by atoms with E-state index in [9.17, 15) is 5.26 Å². The molecule has 40 heavy (non-hydrogen) atoms. The Labute approximate surface area is 236 Å². The second-order valence-corrected chi connectivity index (χ2v) is 11.8. The summed E-state index contributed by atoms with van der Waals surface area (Å²) in [4.78, 5) is 0. The van der Waals surface area contributed by atoms with Crippen molar-refractivity contribution in [1.82, 2.24) is 0 Å². The first kappa shape index (κ1) is 25.6. The molecule has 0 spiro atoms. The Balaban J connectivity index is 1.51. The van der Waals surface area contributed by atoms with Gasteiger partial charge in [-0.3, -0.25) is 0 Å². The molecular weight excluding hydrogens is 488 g/mol. The van der Waals surface area contributed by atoms with Crippen molar-refractivity contribution in [1.29, 1.82) is 5.26 Å². The fraction of sp³-hybridized carbons (Fsp3) is 0.189. The predicted molar refractivity (Wildman–Crippen MR) is 164 cm³/mol. The maximum Gasteiger partial charge on any atom is 0.216 e. The van der Waals surface area contributed by atoms with Crippen LogP contribution in [0.2, 0.25) is 0 Å². The average Bonchev–Trinajstić information content (AvgIpc) is 3.31. The summed E-state index contributed by atoms with van der Waals surface area (Å²) in [5.74, 6) is 0. The minimum absolute atomic E-state index is 0.122. The van der Waals surface area contributed by atoms with Gasteiger partial charge in [-0.25, -0.2) is 4.57 Å². The Morgan fingerprint density at radius 2 is 1.25 bits per heavy atom. The molecule has 0 N–H and O–H groups in total. The molecule has 0 atom stereocenters. The highest BCUT2D eigenvalue weighted by molar-refractivity contribution is 6.14. The summed E-state index contributed by atoms with van der Waals surface area (Å²) in [5.41, 5.74) is 12.3. The molecule has 2 aromatic heterocycles. The molecule has 0 radical (unpaired) electrons. The Kier molecular flexibility index (Phi) is 6.08. The lowest BCUT2D eigenvalue weighted by Gasteiger charge is -2.19. The molecule has 0 fully saturated rings. The molecule has 3 nitrogen and oxygen atoms in total. The maximum absolute atomic E-state index is 10.1. The van der Waals surface area contributed by atoms with Gasteiger partial charge in [0.15, 0.2) is 6.20 Å². The molecule has 2 heterocycles. The van der Waals surface area contributed by atoms with Gasteiger partial charge in [-0.15, -0.1) is 0 Å². The van der Waals surface area contributed by atoms with E-state index < -0.39 is 0 Å². The van der Waals surface area contributed by atoms with Gasteiger partial charge in [0.2, 0.25) is 5.69 Å². The van der Waals surface area contributed by atoms with Gasteiger partial charge in [0.25, 0.3) is 0 Å². The van der Waals surface area contributed by atoms with Crippen molar-refractivity contribution in [3.05, 3.63) is 113 Å². The number of hydrogen-bond donors (Lipinski definition) is 0. The zero-order valence-corrected chi connectivity index (χ0v) is 24.0.